The maximum Gasteiger partial charge on any atom is 0.534 e. The van der Waals surface area contributed by atoms with Crippen molar-refractivity contribution in [3.05, 3.63) is 71.8 Å². The smallest absolute Gasteiger partial charge is 0.478 e. The first-order valence-corrected chi connectivity index (χ1v) is 13.7. The van der Waals surface area contributed by atoms with Crippen LogP contribution in [0.5, 0.6) is 11.5 Å². The number of carbonyl (C=O) groups is 2. The van der Waals surface area contributed by atoms with Gasteiger partial charge in [0.15, 0.2) is 11.5 Å². The summed E-state index contributed by atoms with van der Waals surface area (Å²) in [7, 11) is -12.6. The van der Waals surface area contributed by atoms with Gasteiger partial charge in [0.25, 0.3) is 0 Å². The molecule has 10 nitrogen and oxygen atoms in total. The second-order valence-electron chi connectivity index (χ2n) is 8.26. The number of benzene rings is 4. The lowest BCUT2D eigenvalue weighted by Gasteiger charge is -2.20. The molecule has 0 amide bonds. The average Bonchev–Trinajstić information content (AvgIpc) is 2.87. The number of hydrogen-bond acceptors (Lipinski definition) is 8. The molecule has 0 bridgehead atoms. The summed E-state index contributed by atoms with van der Waals surface area (Å²) in [6.07, 6.45) is 0. The highest BCUT2D eigenvalue weighted by molar-refractivity contribution is 7.88. The zero-order valence-electron chi connectivity index (χ0n) is 20.0. The number of aromatic carboxylic acids is 2. The Balaban J connectivity index is 2.17. The van der Waals surface area contributed by atoms with Crippen molar-refractivity contribution in [1.82, 2.24) is 0 Å². The van der Waals surface area contributed by atoms with Crippen molar-refractivity contribution in [2.75, 3.05) is 0 Å². The lowest BCUT2D eigenvalue weighted by molar-refractivity contribution is -0.0504. The van der Waals surface area contributed by atoms with Crippen molar-refractivity contribution in [3.8, 4) is 22.6 Å². The molecule has 222 valence electrons. The molecule has 0 fully saturated rings. The molecule has 0 saturated heterocycles. The van der Waals surface area contributed by atoms with Crippen LogP contribution in [0.4, 0.5) is 26.3 Å². The molecule has 4 aromatic carbocycles. The van der Waals surface area contributed by atoms with E-state index in [1.807, 2.05) is 0 Å². The molecule has 0 unspecified atom stereocenters. The molecular weight excluding hydrogens is 626 g/mol. The largest absolute Gasteiger partial charge is 0.534 e. The van der Waals surface area contributed by atoms with Gasteiger partial charge in [-0.3, -0.25) is 0 Å². The molecule has 0 aromatic heterocycles. The molecule has 0 heterocycles. The van der Waals surface area contributed by atoms with Gasteiger partial charge in [-0.1, -0.05) is 48.5 Å². The van der Waals surface area contributed by atoms with Gasteiger partial charge in [-0.15, -0.1) is 0 Å². The molecular formula is C24H12F6O10S2. The van der Waals surface area contributed by atoms with Crippen molar-refractivity contribution >= 4 is 53.7 Å². The van der Waals surface area contributed by atoms with Gasteiger partial charge < -0.3 is 18.6 Å². The predicted molar refractivity (Wildman–Crippen MR) is 132 cm³/mol. The molecule has 0 radical (unpaired) electrons. The highest BCUT2D eigenvalue weighted by Crippen LogP contribution is 2.46. The molecule has 0 aliphatic rings. The van der Waals surface area contributed by atoms with Crippen molar-refractivity contribution in [2.45, 2.75) is 11.0 Å². The summed E-state index contributed by atoms with van der Waals surface area (Å²) >= 11 is 0. The molecule has 0 spiro atoms. The molecule has 18 heteroatoms. The third kappa shape index (κ3) is 5.25. The lowest BCUT2D eigenvalue weighted by atomic mass is 9.86. The van der Waals surface area contributed by atoms with E-state index in [9.17, 15) is 63.0 Å². The summed E-state index contributed by atoms with van der Waals surface area (Å²) in [4.78, 5) is 24.7. The lowest BCUT2D eigenvalue weighted by Crippen LogP contribution is -2.28. The fourth-order valence-electron chi connectivity index (χ4n) is 4.03. The van der Waals surface area contributed by atoms with Gasteiger partial charge in [0.2, 0.25) is 0 Å². The van der Waals surface area contributed by atoms with Crippen LogP contribution < -0.4 is 8.37 Å². The minimum atomic E-state index is -6.31. The van der Waals surface area contributed by atoms with Crippen molar-refractivity contribution in [3.63, 3.8) is 0 Å². The van der Waals surface area contributed by atoms with Gasteiger partial charge in [-0.05, 0) is 22.9 Å². The second kappa shape index (κ2) is 10.1. The maximum absolute atomic E-state index is 13.0. The Morgan fingerprint density at radius 1 is 0.571 bits per heavy atom. The number of carboxylic acids is 2. The number of halogens is 6. The van der Waals surface area contributed by atoms with Crippen molar-refractivity contribution in [1.29, 1.82) is 0 Å². The van der Waals surface area contributed by atoms with E-state index in [1.54, 1.807) is 0 Å². The first kappa shape index (κ1) is 30.4. The van der Waals surface area contributed by atoms with Crippen LogP contribution in [0, 0.1) is 0 Å². The Hall–Kier alpha value is -4.58. The summed E-state index contributed by atoms with van der Waals surface area (Å²) in [6.45, 7) is 0. The number of hydrogen-bond donors (Lipinski definition) is 2. The Labute approximate surface area is 230 Å². The Kier molecular flexibility index (Phi) is 7.27. The number of fused-ring (bicyclic) bond motifs is 2. The standard InChI is InChI=1S/C24H12F6O10S2/c25-23(26,27)41(35,36)39-17-9-15(21(31)32)19(13-7-3-1-5-11(13)17)20-14-8-4-2-6-12(14)18(10-16(20)22(33)34)40-42(37,38)24(28,29)30/h1-10H,(H,31,32)(H,33,34). The first-order valence-electron chi connectivity index (χ1n) is 10.9. The van der Waals surface area contributed by atoms with Gasteiger partial charge in [0.1, 0.15) is 0 Å². The van der Waals surface area contributed by atoms with E-state index in [0.29, 0.717) is 12.1 Å². The number of carboxylic acid groups (broad SMARTS) is 2. The Bertz CT molecular complexity index is 1860. The van der Waals surface area contributed by atoms with Crippen LogP contribution in [0.15, 0.2) is 60.7 Å². The summed E-state index contributed by atoms with van der Waals surface area (Å²) < 4.78 is 134. The van der Waals surface area contributed by atoms with Crippen LogP contribution in [0.3, 0.4) is 0 Å². The highest BCUT2D eigenvalue weighted by Gasteiger charge is 2.50. The second-order valence-corrected chi connectivity index (χ2v) is 11.3. The Morgan fingerprint density at radius 3 is 1.12 bits per heavy atom. The van der Waals surface area contributed by atoms with Crippen LogP contribution in [0.25, 0.3) is 32.7 Å². The topological polar surface area (TPSA) is 161 Å². The van der Waals surface area contributed by atoms with E-state index >= 15 is 0 Å². The van der Waals surface area contributed by atoms with Crippen LogP contribution in [0.1, 0.15) is 20.7 Å². The SMILES string of the molecule is O=C(O)c1cc(OS(=O)(=O)C(F)(F)F)c2ccccc2c1-c1c(C(=O)O)cc(OS(=O)(=O)C(F)(F)F)c2ccccc12. The minimum Gasteiger partial charge on any atom is -0.478 e. The fourth-order valence-corrected chi connectivity index (χ4v) is 4.97. The van der Waals surface area contributed by atoms with E-state index in [2.05, 4.69) is 8.37 Å². The monoisotopic (exact) mass is 638 g/mol. The third-order valence-electron chi connectivity index (χ3n) is 5.69. The van der Waals surface area contributed by atoms with Crippen LogP contribution in [-0.4, -0.2) is 50.0 Å². The summed E-state index contributed by atoms with van der Waals surface area (Å²) in [5, 5.41) is 18.4. The minimum absolute atomic E-state index is 0.339. The molecule has 4 aromatic rings. The highest BCUT2D eigenvalue weighted by atomic mass is 32.2. The zero-order chi connectivity index (χ0) is 31.4. The summed E-state index contributed by atoms with van der Waals surface area (Å²) in [5.41, 5.74) is -14.8. The normalized spacial score (nSPS) is 12.8. The molecule has 4 rings (SSSR count). The van der Waals surface area contributed by atoms with Gasteiger partial charge >= 0.3 is 43.2 Å². The van der Waals surface area contributed by atoms with Crippen molar-refractivity contribution < 1.29 is 71.3 Å². The van der Waals surface area contributed by atoms with Gasteiger partial charge in [0, 0.05) is 21.9 Å². The summed E-state index contributed by atoms with van der Waals surface area (Å²) in [5.74, 6) is -5.96. The maximum atomic E-state index is 13.0. The molecule has 42 heavy (non-hydrogen) atoms. The van der Waals surface area contributed by atoms with Gasteiger partial charge in [-0.2, -0.15) is 43.2 Å². The average molecular weight is 638 g/mol. The number of alkyl halides is 6. The van der Waals surface area contributed by atoms with E-state index in [1.165, 1.54) is 24.3 Å². The third-order valence-corrected chi connectivity index (χ3v) is 7.62. The van der Waals surface area contributed by atoms with E-state index in [-0.39, 0.29) is 10.8 Å². The predicted octanol–water partition coefficient (Wildman–Crippen LogP) is 5.51. The molecule has 2 N–H and O–H groups in total. The van der Waals surface area contributed by atoms with Crippen molar-refractivity contribution in [2.24, 2.45) is 0 Å². The quantitative estimate of drug-likeness (QED) is 0.150. The summed E-state index contributed by atoms with van der Waals surface area (Å²) in [6, 6.07) is 10.0. The van der Waals surface area contributed by atoms with Gasteiger partial charge in [-0.25, -0.2) is 9.59 Å². The van der Waals surface area contributed by atoms with Crippen LogP contribution in [0.2, 0.25) is 0 Å². The van der Waals surface area contributed by atoms with E-state index in [0.717, 1.165) is 24.3 Å². The van der Waals surface area contributed by atoms with Crippen LogP contribution >= 0.6 is 0 Å². The van der Waals surface area contributed by atoms with E-state index in [4.69, 9.17) is 0 Å². The van der Waals surface area contributed by atoms with Gasteiger partial charge in [0.05, 0.1) is 11.1 Å². The molecule has 0 aliphatic heterocycles. The van der Waals surface area contributed by atoms with Crippen LogP contribution in [-0.2, 0) is 20.2 Å². The number of rotatable bonds is 7. The fraction of sp³-hybridized carbons (Fsp3) is 0.0833. The first-order chi connectivity index (χ1) is 19.3. The zero-order valence-corrected chi connectivity index (χ0v) is 21.7. The Morgan fingerprint density at radius 2 is 0.857 bits per heavy atom. The molecule has 0 saturated carbocycles. The molecule has 0 aliphatic carbocycles. The molecule has 0 atom stereocenters. The van der Waals surface area contributed by atoms with E-state index < -0.39 is 87.7 Å².